The van der Waals surface area contributed by atoms with Crippen LogP contribution in [0.4, 0.5) is 0 Å². The highest BCUT2D eigenvalue weighted by Gasteiger charge is 2.30. The van der Waals surface area contributed by atoms with E-state index in [0.29, 0.717) is 0 Å². The van der Waals surface area contributed by atoms with Gasteiger partial charge in [-0.25, -0.2) is 0 Å². The number of fused-ring (bicyclic) bond motifs is 3. The molecule has 0 unspecified atom stereocenters. The van der Waals surface area contributed by atoms with Crippen molar-refractivity contribution >= 4 is 32.7 Å². The molecule has 3 aromatic heterocycles. The lowest BCUT2D eigenvalue weighted by Crippen LogP contribution is -2.14. The highest BCUT2D eigenvalue weighted by atomic mass is 15.0. The van der Waals surface area contributed by atoms with Crippen LogP contribution < -0.4 is 0 Å². The molecule has 0 atom stereocenters. The summed E-state index contributed by atoms with van der Waals surface area (Å²) in [6.07, 6.45) is 2.21. The first-order valence-electron chi connectivity index (χ1n) is 11.2. The molecule has 3 aromatic carbocycles. The molecule has 0 bridgehead atoms. The first kappa shape index (κ1) is 19.0. The van der Waals surface area contributed by atoms with Crippen molar-refractivity contribution in [3.05, 3.63) is 107 Å². The lowest BCUT2D eigenvalue weighted by atomic mass is 9.87. The standard InChI is InChI=1S/C29H27N3/c1-18-20-11-6-9-15-25(20)31(3)28(18)27(23-17-30-24-14-8-5-13-22(23)24)29-19(2)21-12-7-10-16-26(21)32(29)4/h5-17,27,30H,1-4H3. The van der Waals surface area contributed by atoms with Gasteiger partial charge in [-0.15, -0.1) is 0 Å². The molecule has 158 valence electrons. The molecule has 3 nitrogen and oxygen atoms in total. The summed E-state index contributed by atoms with van der Waals surface area (Å²) >= 11 is 0. The van der Waals surface area contributed by atoms with Gasteiger partial charge in [0.15, 0.2) is 0 Å². The van der Waals surface area contributed by atoms with Gasteiger partial charge in [0.05, 0.1) is 5.92 Å². The largest absolute Gasteiger partial charge is 0.361 e. The molecule has 6 rings (SSSR count). The molecule has 0 amide bonds. The topological polar surface area (TPSA) is 25.6 Å². The zero-order valence-electron chi connectivity index (χ0n) is 19.0. The summed E-state index contributed by atoms with van der Waals surface area (Å²) in [6.45, 7) is 4.55. The first-order valence-corrected chi connectivity index (χ1v) is 11.2. The third kappa shape index (κ3) is 2.48. The van der Waals surface area contributed by atoms with E-state index in [4.69, 9.17) is 0 Å². The maximum Gasteiger partial charge on any atom is 0.0672 e. The van der Waals surface area contributed by atoms with Gasteiger partial charge < -0.3 is 14.1 Å². The Balaban J connectivity index is 1.76. The van der Waals surface area contributed by atoms with Crippen LogP contribution in [0.15, 0.2) is 79.0 Å². The number of hydrogen-bond donors (Lipinski definition) is 1. The molecule has 0 fully saturated rings. The van der Waals surface area contributed by atoms with E-state index >= 15 is 0 Å². The third-order valence-electron chi connectivity index (χ3n) is 7.31. The van der Waals surface area contributed by atoms with Gasteiger partial charge in [-0.05, 0) is 48.7 Å². The molecule has 0 saturated carbocycles. The molecule has 0 aliphatic heterocycles. The average molecular weight is 418 g/mol. The Morgan fingerprint density at radius 2 is 1.09 bits per heavy atom. The number of nitrogens with one attached hydrogen (secondary N) is 1. The van der Waals surface area contributed by atoms with E-state index in [9.17, 15) is 0 Å². The predicted molar refractivity (Wildman–Crippen MR) is 135 cm³/mol. The summed E-state index contributed by atoms with van der Waals surface area (Å²) < 4.78 is 4.79. The van der Waals surface area contributed by atoms with E-state index in [1.54, 1.807) is 0 Å². The second-order valence-corrected chi connectivity index (χ2v) is 8.90. The van der Waals surface area contributed by atoms with E-state index in [1.807, 2.05) is 0 Å². The van der Waals surface area contributed by atoms with Crippen molar-refractivity contribution in [1.82, 2.24) is 14.1 Å². The molecule has 0 aliphatic carbocycles. The zero-order valence-corrected chi connectivity index (χ0v) is 19.0. The SMILES string of the molecule is Cc1c(C(c2c[nH]c3ccccc23)c2c(C)c3ccccc3n2C)n(C)c2ccccc12. The summed E-state index contributed by atoms with van der Waals surface area (Å²) in [5.41, 5.74) is 10.5. The highest BCUT2D eigenvalue weighted by Crippen LogP contribution is 2.43. The van der Waals surface area contributed by atoms with Gasteiger partial charge in [0.25, 0.3) is 0 Å². The molecule has 6 aromatic rings. The number of nitrogens with zero attached hydrogens (tertiary/aromatic N) is 2. The van der Waals surface area contributed by atoms with Gasteiger partial charge in [-0.1, -0.05) is 54.6 Å². The summed E-state index contributed by atoms with van der Waals surface area (Å²) in [5.74, 6) is 0.112. The van der Waals surface area contributed by atoms with Crippen molar-refractivity contribution in [3.63, 3.8) is 0 Å². The fourth-order valence-electron chi connectivity index (χ4n) is 5.78. The molecule has 0 spiro atoms. The fraction of sp³-hybridized carbons (Fsp3) is 0.172. The van der Waals surface area contributed by atoms with Gasteiger partial charge in [-0.2, -0.15) is 0 Å². The minimum atomic E-state index is 0.112. The molecule has 3 heterocycles. The van der Waals surface area contributed by atoms with Crippen LogP contribution in [0.3, 0.4) is 0 Å². The monoisotopic (exact) mass is 417 g/mol. The zero-order chi connectivity index (χ0) is 22.0. The minimum Gasteiger partial charge on any atom is -0.361 e. The first-order chi connectivity index (χ1) is 15.6. The van der Waals surface area contributed by atoms with Crippen molar-refractivity contribution < 1.29 is 0 Å². The van der Waals surface area contributed by atoms with Crippen LogP contribution in [0.2, 0.25) is 0 Å². The van der Waals surface area contributed by atoms with Gasteiger partial charge in [0, 0.05) is 64.4 Å². The molecular formula is C29H27N3. The van der Waals surface area contributed by atoms with Crippen LogP contribution in [0.5, 0.6) is 0 Å². The van der Waals surface area contributed by atoms with Crippen LogP contribution in [0.1, 0.15) is 34.0 Å². The number of aromatic amines is 1. The fourth-order valence-corrected chi connectivity index (χ4v) is 5.78. The van der Waals surface area contributed by atoms with Crippen LogP contribution in [0, 0.1) is 13.8 Å². The van der Waals surface area contributed by atoms with E-state index in [0.717, 1.165) is 0 Å². The number of benzene rings is 3. The van der Waals surface area contributed by atoms with Crippen LogP contribution in [-0.4, -0.2) is 14.1 Å². The average Bonchev–Trinajstić information content (AvgIpc) is 3.44. The van der Waals surface area contributed by atoms with Crippen molar-refractivity contribution in [2.24, 2.45) is 14.1 Å². The molecular weight excluding hydrogens is 390 g/mol. The third-order valence-corrected chi connectivity index (χ3v) is 7.31. The van der Waals surface area contributed by atoms with Gasteiger partial charge in [-0.3, -0.25) is 0 Å². The number of para-hydroxylation sites is 3. The maximum absolute atomic E-state index is 3.54. The lowest BCUT2D eigenvalue weighted by Gasteiger charge is -2.22. The number of aryl methyl sites for hydroxylation is 4. The molecule has 0 radical (unpaired) electrons. The van der Waals surface area contributed by atoms with Gasteiger partial charge in [0.2, 0.25) is 0 Å². The minimum absolute atomic E-state index is 0.112. The summed E-state index contributed by atoms with van der Waals surface area (Å²) in [5, 5.41) is 3.93. The Labute approximate surface area is 187 Å². The Kier molecular flexibility index (Phi) is 4.09. The second-order valence-electron chi connectivity index (χ2n) is 8.90. The molecule has 32 heavy (non-hydrogen) atoms. The van der Waals surface area contributed by atoms with Gasteiger partial charge >= 0.3 is 0 Å². The smallest absolute Gasteiger partial charge is 0.0672 e. The lowest BCUT2D eigenvalue weighted by molar-refractivity contribution is 0.747. The number of rotatable bonds is 3. The van der Waals surface area contributed by atoms with E-state index in [2.05, 4.69) is 121 Å². The van der Waals surface area contributed by atoms with Crippen molar-refractivity contribution in [3.8, 4) is 0 Å². The molecule has 0 aliphatic rings. The number of hydrogen-bond acceptors (Lipinski definition) is 0. The van der Waals surface area contributed by atoms with Crippen molar-refractivity contribution in [2.75, 3.05) is 0 Å². The Morgan fingerprint density at radius 1 is 0.625 bits per heavy atom. The molecule has 3 heteroatoms. The molecule has 0 saturated heterocycles. The quantitative estimate of drug-likeness (QED) is 0.322. The van der Waals surface area contributed by atoms with E-state index in [1.165, 1.54) is 60.8 Å². The van der Waals surface area contributed by atoms with Crippen LogP contribution in [-0.2, 0) is 14.1 Å². The van der Waals surface area contributed by atoms with Crippen molar-refractivity contribution in [1.29, 1.82) is 0 Å². The second kappa shape index (κ2) is 6.89. The van der Waals surface area contributed by atoms with E-state index < -0.39 is 0 Å². The summed E-state index contributed by atoms with van der Waals surface area (Å²) in [6, 6.07) is 26.1. The summed E-state index contributed by atoms with van der Waals surface area (Å²) in [7, 11) is 4.43. The highest BCUT2D eigenvalue weighted by molar-refractivity contribution is 5.90. The van der Waals surface area contributed by atoms with Gasteiger partial charge in [0.1, 0.15) is 0 Å². The molecule has 1 N–H and O–H groups in total. The normalized spacial score (nSPS) is 12.0. The van der Waals surface area contributed by atoms with E-state index in [-0.39, 0.29) is 5.92 Å². The number of H-pyrrole nitrogens is 1. The van der Waals surface area contributed by atoms with Crippen molar-refractivity contribution in [2.45, 2.75) is 19.8 Å². The maximum atomic E-state index is 3.54. The van der Waals surface area contributed by atoms with Crippen LogP contribution >= 0.6 is 0 Å². The number of aromatic nitrogens is 3. The Hall–Kier alpha value is -3.72. The predicted octanol–water partition coefficient (Wildman–Crippen LogP) is 6.95. The Morgan fingerprint density at radius 3 is 1.62 bits per heavy atom. The Bertz CT molecular complexity index is 1460. The van der Waals surface area contributed by atoms with Crippen LogP contribution in [0.25, 0.3) is 32.7 Å². The summed E-state index contributed by atoms with van der Waals surface area (Å²) in [4.78, 5) is 3.54.